The van der Waals surface area contributed by atoms with Gasteiger partial charge in [-0.1, -0.05) is 97.1 Å². The maximum Gasteiger partial charge on any atom is 0.0941 e. The summed E-state index contributed by atoms with van der Waals surface area (Å²) < 4.78 is 0. The van der Waals surface area contributed by atoms with Crippen molar-refractivity contribution in [1.29, 1.82) is 0 Å². The number of benzene rings is 7. The average molecular weight is 616 g/mol. The number of anilines is 1. The Morgan fingerprint density at radius 3 is 1.06 bits per heavy atom. The standard InChI is InChI=1S/C43H29N5/c1-26-22-39(31-6-2-29(3-7-31)37-20-14-33-24-41(37)47-45-35-16-10-27(33)11-17-35)43(44)40(23-26)32-8-4-30(5-9-32)38-21-15-34-25-42(38)48-46-36-18-12-28(34)13-19-36/h2-25H,44H2,1H3. The van der Waals surface area contributed by atoms with E-state index < -0.39 is 0 Å². The van der Waals surface area contributed by atoms with E-state index in [1.807, 2.05) is 24.3 Å². The van der Waals surface area contributed by atoms with Crippen LogP contribution < -0.4 is 5.73 Å². The van der Waals surface area contributed by atoms with Crippen LogP contribution in [-0.2, 0) is 0 Å². The number of hydrogen-bond acceptors (Lipinski definition) is 5. The summed E-state index contributed by atoms with van der Waals surface area (Å²) >= 11 is 0. The van der Waals surface area contributed by atoms with E-state index in [0.717, 1.165) is 101 Å². The lowest BCUT2D eigenvalue weighted by atomic mass is 9.91. The number of hydrogen-bond donors (Lipinski definition) is 1. The zero-order valence-corrected chi connectivity index (χ0v) is 26.2. The van der Waals surface area contributed by atoms with Gasteiger partial charge < -0.3 is 5.73 Å². The monoisotopic (exact) mass is 615 g/mol. The van der Waals surface area contributed by atoms with Gasteiger partial charge >= 0.3 is 0 Å². The van der Waals surface area contributed by atoms with Crippen molar-refractivity contribution in [2.24, 2.45) is 20.5 Å². The van der Waals surface area contributed by atoms with Crippen molar-refractivity contribution in [2.45, 2.75) is 6.92 Å². The lowest BCUT2D eigenvalue weighted by molar-refractivity contribution is 1.24. The van der Waals surface area contributed by atoms with Crippen molar-refractivity contribution in [3.05, 3.63) is 151 Å². The molecule has 8 bridgehead atoms. The molecule has 0 aromatic heterocycles. The number of nitrogen functional groups attached to an aromatic ring is 1. The molecule has 4 aliphatic rings. The third-order valence-electron chi connectivity index (χ3n) is 9.28. The molecule has 7 aromatic rings. The summed E-state index contributed by atoms with van der Waals surface area (Å²) in [4.78, 5) is 0. The fourth-order valence-corrected chi connectivity index (χ4v) is 6.67. The molecule has 7 aromatic carbocycles. The first kappa shape index (κ1) is 27.8. The first-order valence-electron chi connectivity index (χ1n) is 16.0. The minimum absolute atomic E-state index is 0.754. The molecule has 4 aliphatic heterocycles. The smallest absolute Gasteiger partial charge is 0.0941 e. The van der Waals surface area contributed by atoms with Crippen molar-refractivity contribution in [1.82, 2.24) is 0 Å². The first-order valence-corrected chi connectivity index (χ1v) is 16.0. The number of nitrogens with two attached hydrogens (primary N) is 1. The molecule has 5 heteroatoms. The number of nitrogens with zero attached hydrogens (tertiary/aromatic N) is 4. The Morgan fingerprint density at radius 2 is 0.667 bits per heavy atom. The summed E-state index contributed by atoms with van der Waals surface area (Å²) in [5.41, 5.74) is 25.2. The van der Waals surface area contributed by atoms with Crippen LogP contribution in [0.25, 0.3) is 66.8 Å². The molecule has 0 saturated heterocycles. The summed E-state index contributed by atoms with van der Waals surface area (Å²) in [7, 11) is 0. The molecule has 226 valence electrons. The second-order valence-electron chi connectivity index (χ2n) is 12.4. The van der Waals surface area contributed by atoms with Crippen LogP contribution in [0.4, 0.5) is 28.4 Å². The molecule has 0 fully saturated rings. The van der Waals surface area contributed by atoms with E-state index in [0.29, 0.717) is 0 Å². The summed E-state index contributed by atoms with van der Waals surface area (Å²) in [6.45, 7) is 2.12. The van der Waals surface area contributed by atoms with Gasteiger partial charge in [0.2, 0.25) is 0 Å². The molecule has 11 rings (SSSR count). The van der Waals surface area contributed by atoms with Gasteiger partial charge in [0, 0.05) is 27.9 Å². The van der Waals surface area contributed by atoms with Crippen molar-refractivity contribution in [3.8, 4) is 66.8 Å². The van der Waals surface area contributed by atoms with Gasteiger partial charge in [-0.3, -0.25) is 0 Å². The average Bonchev–Trinajstić information content (AvgIpc) is 3.31. The Balaban J connectivity index is 1.03. The molecule has 48 heavy (non-hydrogen) atoms. The second-order valence-corrected chi connectivity index (χ2v) is 12.4. The first-order chi connectivity index (χ1) is 23.6. The second kappa shape index (κ2) is 11.1. The number of fused-ring (bicyclic) bond motifs is 4. The summed E-state index contributed by atoms with van der Waals surface area (Å²) in [5, 5.41) is 18.1. The molecule has 0 spiro atoms. The Morgan fingerprint density at radius 1 is 0.333 bits per heavy atom. The molecular weight excluding hydrogens is 587 g/mol. The quantitative estimate of drug-likeness (QED) is 0.196. The Hall–Kier alpha value is -6.46. The van der Waals surface area contributed by atoms with E-state index in [4.69, 9.17) is 5.73 Å². The molecule has 0 unspecified atom stereocenters. The minimum Gasteiger partial charge on any atom is -0.398 e. The highest BCUT2D eigenvalue weighted by Gasteiger charge is 2.15. The van der Waals surface area contributed by atoms with Gasteiger partial charge in [-0.05, 0) is 106 Å². The minimum atomic E-state index is 0.754. The molecule has 5 nitrogen and oxygen atoms in total. The summed E-state index contributed by atoms with van der Waals surface area (Å²) in [6, 6.07) is 50.6. The van der Waals surface area contributed by atoms with Crippen LogP contribution in [-0.4, -0.2) is 0 Å². The van der Waals surface area contributed by atoms with Gasteiger partial charge in [0.05, 0.1) is 22.7 Å². The molecule has 0 aliphatic carbocycles. The fraction of sp³-hybridized carbons (Fsp3) is 0.0233. The topological polar surface area (TPSA) is 75.5 Å². The molecular formula is C43H29N5. The largest absolute Gasteiger partial charge is 0.398 e. The van der Waals surface area contributed by atoms with Crippen LogP contribution in [0.15, 0.2) is 166 Å². The molecule has 2 N–H and O–H groups in total. The van der Waals surface area contributed by atoms with Crippen LogP contribution in [0.2, 0.25) is 0 Å². The predicted octanol–water partition coefficient (Wildman–Crippen LogP) is 13.0. The van der Waals surface area contributed by atoms with E-state index in [2.05, 4.69) is 149 Å². The highest BCUT2D eigenvalue weighted by atomic mass is 15.1. The maximum atomic E-state index is 6.92. The van der Waals surface area contributed by atoms with Crippen LogP contribution in [0, 0.1) is 6.92 Å². The highest BCUT2D eigenvalue weighted by molar-refractivity contribution is 5.92. The number of rotatable bonds is 4. The predicted molar refractivity (Wildman–Crippen MR) is 197 cm³/mol. The third kappa shape index (κ3) is 4.89. The van der Waals surface area contributed by atoms with E-state index >= 15 is 0 Å². The Bertz CT molecular complexity index is 2250. The molecule has 0 saturated carbocycles. The maximum absolute atomic E-state index is 6.92. The number of azo groups is 2. The van der Waals surface area contributed by atoms with E-state index in [-0.39, 0.29) is 0 Å². The van der Waals surface area contributed by atoms with Gasteiger partial charge in [-0.15, -0.1) is 10.2 Å². The van der Waals surface area contributed by atoms with E-state index in [9.17, 15) is 0 Å². The Labute approximate surface area is 278 Å². The number of aryl methyl sites for hydroxylation is 1. The van der Waals surface area contributed by atoms with Crippen molar-refractivity contribution < 1.29 is 0 Å². The zero-order valence-electron chi connectivity index (χ0n) is 26.2. The lowest BCUT2D eigenvalue weighted by Crippen LogP contribution is -1.96. The van der Waals surface area contributed by atoms with Crippen molar-refractivity contribution >= 4 is 28.4 Å². The van der Waals surface area contributed by atoms with Gasteiger partial charge in [0.25, 0.3) is 0 Å². The SMILES string of the molecule is Cc1cc(-c2ccc(-c3ccc4cc3N=Nc3ccc-4cc3)cc2)c(N)c(-c2ccc(-c3ccc4cc3N=Nc3ccc-4cc3)cc2)c1. The molecule has 0 amide bonds. The third-order valence-corrected chi connectivity index (χ3v) is 9.28. The summed E-state index contributed by atoms with van der Waals surface area (Å²) in [6.07, 6.45) is 0. The van der Waals surface area contributed by atoms with Crippen molar-refractivity contribution in [3.63, 3.8) is 0 Å². The normalized spacial score (nSPS) is 12.2. The van der Waals surface area contributed by atoms with E-state index in [1.165, 1.54) is 0 Å². The van der Waals surface area contributed by atoms with Crippen LogP contribution in [0.1, 0.15) is 5.56 Å². The Kier molecular flexibility index (Phi) is 6.44. The van der Waals surface area contributed by atoms with E-state index in [1.54, 1.807) is 0 Å². The molecule has 0 atom stereocenters. The van der Waals surface area contributed by atoms with Crippen LogP contribution in [0.3, 0.4) is 0 Å². The molecule has 0 radical (unpaired) electrons. The summed E-state index contributed by atoms with van der Waals surface area (Å²) in [5.74, 6) is 0. The lowest BCUT2D eigenvalue weighted by Gasteiger charge is -2.15. The van der Waals surface area contributed by atoms with Gasteiger partial charge in [-0.25, -0.2) is 0 Å². The fourth-order valence-electron chi connectivity index (χ4n) is 6.67. The zero-order chi connectivity index (χ0) is 32.2. The van der Waals surface area contributed by atoms with Crippen LogP contribution >= 0.6 is 0 Å². The van der Waals surface area contributed by atoms with Gasteiger partial charge in [0.1, 0.15) is 0 Å². The van der Waals surface area contributed by atoms with Crippen LogP contribution in [0.5, 0.6) is 0 Å². The van der Waals surface area contributed by atoms with Crippen molar-refractivity contribution in [2.75, 3.05) is 5.73 Å². The van der Waals surface area contributed by atoms with Gasteiger partial charge in [0.15, 0.2) is 0 Å². The molecule has 4 heterocycles. The van der Waals surface area contributed by atoms with Gasteiger partial charge in [-0.2, -0.15) is 10.2 Å². The highest BCUT2D eigenvalue weighted by Crippen LogP contribution is 2.42.